The fourth-order valence-electron chi connectivity index (χ4n) is 2.21. The second-order valence-electron chi connectivity index (χ2n) is 5.39. The van der Waals surface area contributed by atoms with Crippen LogP contribution in [0.5, 0.6) is 0 Å². The number of benzene rings is 1. The highest BCUT2D eigenvalue weighted by atomic mass is 35.5. The molecule has 0 aliphatic heterocycles. The maximum absolute atomic E-state index is 14.1. The van der Waals surface area contributed by atoms with Gasteiger partial charge in [-0.15, -0.1) is 0 Å². The summed E-state index contributed by atoms with van der Waals surface area (Å²) in [4.78, 5) is 12.4. The summed E-state index contributed by atoms with van der Waals surface area (Å²) >= 11 is 6.04. The highest BCUT2D eigenvalue weighted by molar-refractivity contribution is 6.33. The minimum Gasteiger partial charge on any atom is -0.396 e. The molecular weight excluding hydrogens is 323 g/mol. The normalized spacial score (nSPS) is 12.2. The van der Waals surface area contributed by atoms with Crippen LogP contribution in [0, 0.1) is 18.7 Å². The van der Waals surface area contributed by atoms with E-state index in [9.17, 15) is 9.18 Å². The van der Waals surface area contributed by atoms with E-state index in [2.05, 4.69) is 10.5 Å². The summed E-state index contributed by atoms with van der Waals surface area (Å²) in [6.45, 7) is 3.93. The standard InChI is InChI=1S/C16H18ClFN2O3/c1-9(6-7-21)8-19-16(22)13-10(2)23-20-15(13)14-11(17)4-3-5-12(14)18/h3-5,9,21H,6-8H2,1-2H3,(H,19,22). The molecule has 0 spiro atoms. The van der Waals surface area contributed by atoms with Crippen LogP contribution in [0.25, 0.3) is 11.3 Å². The van der Waals surface area contributed by atoms with E-state index in [0.717, 1.165) is 0 Å². The molecule has 0 saturated heterocycles. The first kappa shape index (κ1) is 17.4. The average Bonchev–Trinajstić information content (AvgIpc) is 2.87. The number of hydrogen-bond donors (Lipinski definition) is 2. The Morgan fingerprint density at radius 3 is 2.91 bits per heavy atom. The van der Waals surface area contributed by atoms with Gasteiger partial charge in [0.2, 0.25) is 0 Å². The maximum atomic E-state index is 14.1. The van der Waals surface area contributed by atoms with E-state index >= 15 is 0 Å². The van der Waals surface area contributed by atoms with Crippen molar-refractivity contribution in [3.05, 3.63) is 40.4 Å². The first-order valence-corrected chi connectivity index (χ1v) is 7.63. The molecule has 1 aromatic carbocycles. The number of aromatic nitrogens is 1. The lowest BCUT2D eigenvalue weighted by molar-refractivity contribution is 0.0944. The molecule has 0 bridgehead atoms. The molecule has 0 aliphatic carbocycles. The smallest absolute Gasteiger partial charge is 0.257 e. The van der Waals surface area contributed by atoms with Crippen LogP contribution in [0.15, 0.2) is 22.7 Å². The Kier molecular flexibility index (Phi) is 5.74. The van der Waals surface area contributed by atoms with Gasteiger partial charge in [-0.25, -0.2) is 4.39 Å². The van der Waals surface area contributed by atoms with Crippen LogP contribution < -0.4 is 5.32 Å². The molecule has 1 heterocycles. The zero-order valence-corrected chi connectivity index (χ0v) is 13.7. The molecule has 1 atom stereocenters. The van der Waals surface area contributed by atoms with Gasteiger partial charge in [-0.1, -0.05) is 29.7 Å². The molecule has 2 aromatic rings. The number of nitrogens with zero attached hydrogens (tertiary/aromatic N) is 1. The van der Waals surface area contributed by atoms with E-state index in [1.165, 1.54) is 18.2 Å². The van der Waals surface area contributed by atoms with Crippen LogP contribution in [0.1, 0.15) is 29.5 Å². The molecule has 1 amide bonds. The Morgan fingerprint density at radius 2 is 2.26 bits per heavy atom. The van der Waals surface area contributed by atoms with Crippen molar-refractivity contribution < 1.29 is 18.8 Å². The van der Waals surface area contributed by atoms with Gasteiger partial charge in [0, 0.05) is 13.2 Å². The summed E-state index contributed by atoms with van der Waals surface area (Å²) in [6.07, 6.45) is 0.578. The van der Waals surface area contributed by atoms with Gasteiger partial charge in [-0.2, -0.15) is 0 Å². The highest BCUT2D eigenvalue weighted by Gasteiger charge is 2.25. The third-order valence-electron chi connectivity index (χ3n) is 3.52. The van der Waals surface area contributed by atoms with Crippen LogP contribution in [0.3, 0.4) is 0 Å². The van der Waals surface area contributed by atoms with Crippen molar-refractivity contribution in [1.82, 2.24) is 10.5 Å². The summed E-state index contributed by atoms with van der Waals surface area (Å²) in [7, 11) is 0. The number of aliphatic hydroxyl groups is 1. The molecule has 0 aliphatic rings. The Bertz CT molecular complexity index is 682. The predicted octanol–water partition coefficient (Wildman–Crippen LogP) is 3.19. The van der Waals surface area contributed by atoms with Gasteiger partial charge in [-0.05, 0) is 31.4 Å². The number of hydrogen-bond acceptors (Lipinski definition) is 4. The van der Waals surface area contributed by atoms with Crippen molar-refractivity contribution in [2.75, 3.05) is 13.2 Å². The Hall–Kier alpha value is -1.92. The maximum Gasteiger partial charge on any atom is 0.257 e. The van der Waals surface area contributed by atoms with Crippen molar-refractivity contribution in [3.63, 3.8) is 0 Å². The lowest BCUT2D eigenvalue weighted by Crippen LogP contribution is -2.29. The zero-order valence-electron chi connectivity index (χ0n) is 12.9. The molecule has 2 rings (SSSR count). The van der Waals surface area contributed by atoms with E-state index in [1.807, 2.05) is 6.92 Å². The minimum atomic E-state index is -0.575. The van der Waals surface area contributed by atoms with Crippen LogP contribution in [0.2, 0.25) is 5.02 Å². The van der Waals surface area contributed by atoms with Crippen molar-refractivity contribution >= 4 is 17.5 Å². The molecule has 5 nitrogen and oxygen atoms in total. The van der Waals surface area contributed by atoms with Crippen LogP contribution >= 0.6 is 11.6 Å². The SMILES string of the molecule is Cc1onc(-c2c(F)cccc2Cl)c1C(=O)NCC(C)CCO. The van der Waals surface area contributed by atoms with Crippen molar-refractivity contribution in [3.8, 4) is 11.3 Å². The van der Waals surface area contributed by atoms with Crippen LogP contribution in [-0.2, 0) is 0 Å². The number of amides is 1. The Labute approximate surface area is 138 Å². The Balaban J connectivity index is 2.30. The van der Waals surface area contributed by atoms with Crippen molar-refractivity contribution in [2.45, 2.75) is 20.3 Å². The first-order chi connectivity index (χ1) is 11.0. The summed E-state index contributed by atoms with van der Waals surface area (Å²) in [5.41, 5.74) is 0.283. The minimum absolute atomic E-state index is 0.0413. The number of aryl methyl sites for hydroxylation is 1. The molecule has 2 N–H and O–H groups in total. The van der Waals surface area contributed by atoms with Crippen LogP contribution in [-0.4, -0.2) is 29.3 Å². The number of halogens is 2. The number of aliphatic hydroxyl groups excluding tert-OH is 1. The average molecular weight is 341 g/mol. The third-order valence-corrected chi connectivity index (χ3v) is 3.84. The van der Waals surface area contributed by atoms with Gasteiger partial charge in [0.25, 0.3) is 5.91 Å². The van der Waals surface area contributed by atoms with Crippen molar-refractivity contribution in [2.24, 2.45) is 5.92 Å². The number of rotatable bonds is 6. The fraction of sp³-hybridized carbons (Fsp3) is 0.375. The van der Waals surface area contributed by atoms with E-state index in [1.54, 1.807) is 6.92 Å². The molecule has 23 heavy (non-hydrogen) atoms. The predicted molar refractivity (Wildman–Crippen MR) is 84.8 cm³/mol. The van der Waals surface area contributed by atoms with Gasteiger partial charge < -0.3 is 14.9 Å². The van der Waals surface area contributed by atoms with E-state index in [4.69, 9.17) is 21.2 Å². The quantitative estimate of drug-likeness (QED) is 0.846. The molecule has 0 saturated carbocycles. The first-order valence-electron chi connectivity index (χ1n) is 7.25. The Morgan fingerprint density at radius 1 is 1.52 bits per heavy atom. The van der Waals surface area contributed by atoms with Crippen LogP contribution in [0.4, 0.5) is 4.39 Å². The monoisotopic (exact) mass is 340 g/mol. The fourth-order valence-corrected chi connectivity index (χ4v) is 2.46. The molecular formula is C16H18ClFN2O3. The number of carbonyl (C=O) groups excluding carboxylic acids is 1. The lowest BCUT2D eigenvalue weighted by atomic mass is 10.0. The lowest BCUT2D eigenvalue weighted by Gasteiger charge is -2.11. The number of nitrogens with one attached hydrogen (secondary N) is 1. The summed E-state index contributed by atoms with van der Waals surface area (Å²) in [5.74, 6) is -0.590. The van der Waals surface area contributed by atoms with Gasteiger partial charge in [0.1, 0.15) is 22.8 Å². The van der Waals surface area contributed by atoms with Gasteiger partial charge in [0.15, 0.2) is 0 Å². The summed E-state index contributed by atoms with van der Waals surface area (Å²) in [5, 5.41) is 15.6. The van der Waals surface area contributed by atoms with Gasteiger partial charge in [0.05, 0.1) is 10.6 Å². The van der Waals surface area contributed by atoms with Gasteiger partial charge in [-0.3, -0.25) is 4.79 Å². The highest BCUT2D eigenvalue weighted by Crippen LogP contribution is 2.33. The molecule has 124 valence electrons. The van der Waals surface area contributed by atoms with E-state index in [0.29, 0.717) is 13.0 Å². The van der Waals surface area contributed by atoms with Gasteiger partial charge >= 0.3 is 0 Å². The molecule has 0 radical (unpaired) electrons. The summed E-state index contributed by atoms with van der Waals surface area (Å²) < 4.78 is 19.1. The second-order valence-corrected chi connectivity index (χ2v) is 5.79. The topological polar surface area (TPSA) is 75.4 Å². The van der Waals surface area contributed by atoms with Crippen molar-refractivity contribution in [1.29, 1.82) is 0 Å². The molecule has 1 aromatic heterocycles. The third kappa shape index (κ3) is 3.89. The largest absolute Gasteiger partial charge is 0.396 e. The van der Waals surface area contributed by atoms with E-state index in [-0.39, 0.29) is 40.1 Å². The zero-order chi connectivity index (χ0) is 17.0. The second kappa shape index (κ2) is 7.57. The molecule has 7 heteroatoms. The summed E-state index contributed by atoms with van der Waals surface area (Å²) in [6, 6.07) is 4.25. The number of carbonyl (C=O) groups is 1. The molecule has 1 unspecified atom stereocenters. The van der Waals surface area contributed by atoms with E-state index < -0.39 is 11.7 Å². The molecule has 0 fully saturated rings.